The highest BCUT2D eigenvalue weighted by Gasteiger charge is 2.26. The normalized spacial score (nSPS) is 17.1. The van der Waals surface area contributed by atoms with Crippen LogP contribution in [0.25, 0.3) is 10.9 Å². The van der Waals surface area contributed by atoms with E-state index in [1.807, 2.05) is 48.7 Å². The second-order valence-electron chi connectivity index (χ2n) is 9.16. The number of amides is 2. The topological polar surface area (TPSA) is 93.2 Å². The molecule has 2 heterocycles. The van der Waals surface area contributed by atoms with Gasteiger partial charge >= 0.3 is 0 Å². The summed E-state index contributed by atoms with van der Waals surface area (Å²) >= 11 is 1.56. The molecule has 0 radical (unpaired) electrons. The minimum Gasteiger partial charge on any atom is -0.438 e. The zero-order valence-electron chi connectivity index (χ0n) is 20.8. The molecule has 0 aliphatic heterocycles. The van der Waals surface area contributed by atoms with E-state index in [4.69, 9.17) is 4.74 Å². The fourth-order valence-corrected chi connectivity index (χ4v) is 5.09. The van der Waals surface area contributed by atoms with E-state index in [1.54, 1.807) is 30.1 Å². The summed E-state index contributed by atoms with van der Waals surface area (Å²) in [6.45, 7) is 0. The maximum absolute atomic E-state index is 14.0. The Labute approximate surface area is 224 Å². The molecule has 0 atom stereocenters. The molecule has 0 spiro atoms. The van der Waals surface area contributed by atoms with E-state index in [0.717, 1.165) is 22.5 Å². The van der Waals surface area contributed by atoms with Gasteiger partial charge in [0.15, 0.2) is 0 Å². The average molecular weight is 531 g/mol. The van der Waals surface area contributed by atoms with Crippen LogP contribution in [-0.4, -0.2) is 40.1 Å². The van der Waals surface area contributed by atoms with Crippen molar-refractivity contribution in [1.29, 1.82) is 0 Å². The van der Waals surface area contributed by atoms with Gasteiger partial charge in [0, 0.05) is 28.6 Å². The van der Waals surface area contributed by atoms with Crippen LogP contribution in [0.15, 0.2) is 78.0 Å². The zero-order valence-corrected chi connectivity index (χ0v) is 21.6. The molecule has 38 heavy (non-hydrogen) atoms. The van der Waals surface area contributed by atoms with Gasteiger partial charge in [-0.3, -0.25) is 14.6 Å². The molecule has 0 saturated heterocycles. The quantitative estimate of drug-likeness (QED) is 0.296. The minimum atomic E-state index is -0.616. The first-order chi connectivity index (χ1) is 18.5. The lowest BCUT2D eigenvalue weighted by atomic mass is 9.90. The molecule has 1 aliphatic carbocycles. The first kappa shape index (κ1) is 25.7. The number of hydrogen-bond acceptors (Lipinski definition) is 6. The Balaban J connectivity index is 1.20. The van der Waals surface area contributed by atoms with Crippen LogP contribution in [0.1, 0.15) is 46.4 Å². The first-order valence-electron chi connectivity index (χ1n) is 12.4. The van der Waals surface area contributed by atoms with Gasteiger partial charge in [0.25, 0.3) is 11.8 Å². The highest BCUT2D eigenvalue weighted by atomic mass is 32.2. The number of carbonyl (C=O) groups is 2. The van der Waals surface area contributed by atoms with Crippen molar-refractivity contribution >= 4 is 34.5 Å². The lowest BCUT2D eigenvalue weighted by molar-refractivity contribution is 0.0890. The molecule has 2 aromatic heterocycles. The molecule has 194 valence electrons. The summed E-state index contributed by atoms with van der Waals surface area (Å²) in [7, 11) is 0. The highest BCUT2D eigenvalue weighted by molar-refractivity contribution is 7.98. The third kappa shape index (κ3) is 5.94. The Bertz CT molecular complexity index is 1470. The molecule has 2 amide bonds. The third-order valence-electron chi connectivity index (χ3n) is 6.59. The summed E-state index contributed by atoms with van der Waals surface area (Å²) in [4.78, 5) is 35.4. The predicted octanol–water partition coefficient (Wildman–Crippen LogP) is 5.75. The van der Waals surface area contributed by atoms with Gasteiger partial charge in [0.05, 0.1) is 17.3 Å². The van der Waals surface area contributed by atoms with E-state index < -0.39 is 11.7 Å². The van der Waals surface area contributed by atoms with Crippen molar-refractivity contribution in [1.82, 2.24) is 20.6 Å². The fraction of sp³-hybridized carbons (Fsp3) is 0.241. The van der Waals surface area contributed by atoms with Crippen LogP contribution in [-0.2, 0) is 0 Å². The van der Waals surface area contributed by atoms with Gasteiger partial charge in [-0.2, -0.15) is 0 Å². The molecule has 1 aliphatic rings. The number of nitrogens with zero attached hydrogens (tertiary/aromatic N) is 2. The molecule has 7 nitrogen and oxygen atoms in total. The number of ether oxygens (including phenoxy) is 1. The second kappa shape index (κ2) is 11.6. The maximum Gasteiger partial charge on any atom is 0.257 e. The molecule has 0 unspecified atom stereocenters. The SMILES string of the molecule is CSc1cccc(Oc2ncc(F)cc2C(=O)NC2CCC(NC(=O)c3cccc4cccnc34)CC2)c1. The predicted molar refractivity (Wildman–Crippen MR) is 145 cm³/mol. The lowest BCUT2D eigenvalue weighted by Gasteiger charge is -2.30. The first-order valence-corrected chi connectivity index (χ1v) is 13.7. The smallest absolute Gasteiger partial charge is 0.257 e. The van der Waals surface area contributed by atoms with Crippen molar-refractivity contribution in [3.05, 3.63) is 90.0 Å². The number of thioether (sulfide) groups is 1. The van der Waals surface area contributed by atoms with Gasteiger partial charge in [-0.1, -0.05) is 24.3 Å². The Kier molecular flexibility index (Phi) is 7.83. The average Bonchev–Trinajstić information content (AvgIpc) is 2.94. The number of para-hydroxylation sites is 1. The molecular formula is C29H27FN4O3S. The van der Waals surface area contributed by atoms with Gasteiger partial charge in [-0.05, 0) is 68.3 Å². The molecule has 1 saturated carbocycles. The van der Waals surface area contributed by atoms with Gasteiger partial charge < -0.3 is 15.4 Å². The number of carbonyl (C=O) groups excluding carboxylic acids is 2. The van der Waals surface area contributed by atoms with Crippen molar-refractivity contribution in [3.63, 3.8) is 0 Å². The van der Waals surface area contributed by atoms with E-state index in [-0.39, 0.29) is 29.4 Å². The molecule has 9 heteroatoms. The number of pyridine rings is 2. The van der Waals surface area contributed by atoms with E-state index in [9.17, 15) is 14.0 Å². The van der Waals surface area contributed by atoms with Gasteiger partial charge in [0.1, 0.15) is 17.1 Å². The summed E-state index contributed by atoms with van der Waals surface area (Å²) in [5, 5.41) is 7.02. The summed E-state index contributed by atoms with van der Waals surface area (Å²) in [6.07, 6.45) is 7.44. The van der Waals surface area contributed by atoms with Crippen LogP contribution in [0.3, 0.4) is 0 Å². The second-order valence-corrected chi connectivity index (χ2v) is 10.0. The van der Waals surface area contributed by atoms with Crippen LogP contribution in [0.2, 0.25) is 0 Å². The molecule has 4 aromatic rings. The largest absolute Gasteiger partial charge is 0.438 e. The van der Waals surface area contributed by atoms with Gasteiger partial charge in [-0.25, -0.2) is 9.37 Å². The highest BCUT2D eigenvalue weighted by Crippen LogP contribution is 2.28. The van der Waals surface area contributed by atoms with Crippen LogP contribution in [0.4, 0.5) is 4.39 Å². The van der Waals surface area contributed by atoms with Gasteiger partial charge in [-0.15, -0.1) is 11.8 Å². The maximum atomic E-state index is 14.0. The van der Waals surface area contributed by atoms with Crippen molar-refractivity contribution in [3.8, 4) is 11.6 Å². The number of hydrogen-bond donors (Lipinski definition) is 2. The molecular weight excluding hydrogens is 503 g/mol. The van der Waals surface area contributed by atoms with E-state index >= 15 is 0 Å². The number of fused-ring (bicyclic) bond motifs is 1. The Hall–Kier alpha value is -3.98. The fourth-order valence-electron chi connectivity index (χ4n) is 4.64. The molecule has 1 fully saturated rings. The van der Waals surface area contributed by atoms with Crippen molar-refractivity contribution < 1.29 is 18.7 Å². The van der Waals surface area contributed by atoms with Crippen LogP contribution in [0, 0.1) is 5.82 Å². The van der Waals surface area contributed by atoms with Crippen molar-refractivity contribution in [2.75, 3.05) is 6.26 Å². The lowest BCUT2D eigenvalue weighted by Crippen LogP contribution is -2.44. The summed E-state index contributed by atoms with van der Waals surface area (Å²) in [6, 6.07) is 17.7. The number of halogens is 1. The molecule has 2 aromatic carbocycles. The van der Waals surface area contributed by atoms with Crippen LogP contribution >= 0.6 is 11.8 Å². The van der Waals surface area contributed by atoms with Gasteiger partial charge in [0.2, 0.25) is 5.88 Å². The monoisotopic (exact) mass is 530 g/mol. The molecule has 2 N–H and O–H groups in total. The number of benzene rings is 2. The Morgan fingerprint density at radius 2 is 1.58 bits per heavy atom. The van der Waals surface area contributed by atoms with E-state index in [1.165, 1.54) is 0 Å². The number of nitrogens with one attached hydrogen (secondary N) is 2. The van der Waals surface area contributed by atoms with E-state index in [2.05, 4.69) is 20.6 Å². The number of aromatic nitrogens is 2. The Morgan fingerprint density at radius 3 is 2.32 bits per heavy atom. The number of rotatable bonds is 7. The summed E-state index contributed by atoms with van der Waals surface area (Å²) in [5.74, 6) is -0.647. The minimum absolute atomic E-state index is 0.00642. The standard InChI is InChI=1S/C29H27FN4O3S/c1-38-23-8-3-7-22(16-23)37-29-25(15-19(30)17-32-29)28(36)34-21-12-10-20(11-13-21)33-27(35)24-9-2-5-18-6-4-14-31-26(18)24/h2-9,14-17,20-21H,10-13H2,1H3,(H,33,35)(H,34,36). The summed E-state index contributed by atoms with van der Waals surface area (Å²) < 4.78 is 19.9. The van der Waals surface area contributed by atoms with Crippen molar-refractivity contribution in [2.45, 2.75) is 42.7 Å². The zero-order chi connectivity index (χ0) is 26.5. The third-order valence-corrected chi connectivity index (χ3v) is 7.32. The van der Waals surface area contributed by atoms with Crippen molar-refractivity contribution in [2.24, 2.45) is 0 Å². The summed E-state index contributed by atoms with van der Waals surface area (Å²) in [5.41, 5.74) is 1.27. The molecule has 0 bridgehead atoms. The van der Waals surface area contributed by atoms with Crippen LogP contribution < -0.4 is 15.4 Å². The Morgan fingerprint density at radius 1 is 0.895 bits per heavy atom. The molecule has 5 rings (SSSR count). The van der Waals surface area contributed by atoms with Crippen LogP contribution in [0.5, 0.6) is 11.6 Å². The van der Waals surface area contributed by atoms with E-state index in [0.29, 0.717) is 42.5 Å².